The summed E-state index contributed by atoms with van der Waals surface area (Å²) in [5.74, 6) is 0. The first-order valence-electron chi connectivity index (χ1n) is 6.49. The number of rotatable bonds is 4. The monoisotopic (exact) mass is 253 g/mol. The van der Waals surface area contributed by atoms with Crippen LogP contribution in [0.25, 0.3) is 0 Å². The molecule has 0 unspecified atom stereocenters. The molecule has 0 bridgehead atoms. The van der Waals surface area contributed by atoms with Crippen molar-refractivity contribution in [2.24, 2.45) is 5.73 Å². The summed E-state index contributed by atoms with van der Waals surface area (Å²) in [7, 11) is 2.20. The van der Waals surface area contributed by atoms with Crippen molar-refractivity contribution in [2.75, 3.05) is 13.6 Å². The number of nitrogens with zero attached hydrogens (tertiary/aromatic N) is 2. The molecule has 1 aromatic rings. The summed E-state index contributed by atoms with van der Waals surface area (Å²) in [5, 5.41) is 3.32. The third-order valence-electron chi connectivity index (χ3n) is 4.04. The molecule has 96 valence electrons. The van der Waals surface area contributed by atoms with Gasteiger partial charge in [0.15, 0.2) is 0 Å². The highest BCUT2D eigenvalue weighted by molar-refractivity contribution is 7.09. The number of aryl methyl sites for hydroxylation is 1. The van der Waals surface area contributed by atoms with E-state index in [1.807, 2.05) is 0 Å². The Balaban J connectivity index is 2.04. The smallest absolute Gasteiger partial charge is 0.0897 e. The molecule has 2 N–H and O–H groups in total. The van der Waals surface area contributed by atoms with E-state index in [1.165, 1.54) is 37.8 Å². The van der Waals surface area contributed by atoms with Crippen LogP contribution in [0.1, 0.15) is 42.8 Å². The maximum absolute atomic E-state index is 6.04. The molecule has 4 heteroatoms. The zero-order valence-corrected chi connectivity index (χ0v) is 11.7. The van der Waals surface area contributed by atoms with Crippen LogP contribution in [0.3, 0.4) is 0 Å². The van der Waals surface area contributed by atoms with Gasteiger partial charge in [-0.05, 0) is 26.8 Å². The van der Waals surface area contributed by atoms with Crippen molar-refractivity contribution < 1.29 is 0 Å². The summed E-state index contributed by atoms with van der Waals surface area (Å²) in [6.07, 6.45) is 6.48. The molecule has 0 amide bonds. The zero-order chi connectivity index (χ0) is 12.3. The largest absolute Gasteiger partial charge is 0.329 e. The number of aromatic nitrogens is 1. The molecule has 3 nitrogen and oxygen atoms in total. The Kier molecular flexibility index (Phi) is 4.17. The highest BCUT2D eigenvalue weighted by Gasteiger charge is 2.34. The predicted molar refractivity (Wildman–Crippen MR) is 73.2 cm³/mol. The van der Waals surface area contributed by atoms with E-state index in [1.54, 1.807) is 11.3 Å². The fraction of sp³-hybridized carbons (Fsp3) is 0.769. The summed E-state index contributed by atoms with van der Waals surface area (Å²) in [6.45, 7) is 3.77. The number of hydrogen-bond acceptors (Lipinski definition) is 4. The lowest BCUT2D eigenvalue weighted by molar-refractivity contribution is 0.0749. The summed E-state index contributed by atoms with van der Waals surface area (Å²) in [4.78, 5) is 6.98. The Hall–Kier alpha value is -0.450. The number of thiazole rings is 1. The van der Waals surface area contributed by atoms with Crippen molar-refractivity contribution >= 4 is 11.3 Å². The highest BCUT2D eigenvalue weighted by atomic mass is 32.1. The molecule has 1 aliphatic rings. The fourth-order valence-electron chi connectivity index (χ4n) is 2.84. The fourth-order valence-corrected chi connectivity index (χ4v) is 3.45. The number of nitrogens with two attached hydrogens (primary N) is 1. The number of hydrogen-bond donors (Lipinski definition) is 1. The first-order chi connectivity index (χ1) is 8.16. The summed E-state index contributed by atoms with van der Waals surface area (Å²) in [6, 6.07) is 0. The standard InChI is InChI=1S/C13H23N3S/c1-11-15-12(9-17-11)8-16(2)13(10-14)6-4-3-5-7-13/h9H,3-8,10,14H2,1-2H3. The van der Waals surface area contributed by atoms with Gasteiger partial charge in [-0.15, -0.1) is 11.3 Å². The molecule has 0 aliphatic heterocycles. The van der Waals surface area contributed by atoms with E-state index in [4.69, 9.17) is 5.73 Å². The summed E-state index contributed by atoms with van der Waals surface area (Å²) in [5.41, 5.74) is 7.44. The number of likely N-dealkylation sites (N-methyl/N-ethyl adjacent to an activating group) is 1. The summed E-state index contributed by atoms with van der Waals surface area (Å²) < 4.78 is 0. The van der Waals surface area contributed by atoms with Crippen LogP contribution in [-0.2, 0) is 6.54 Å². The summed E-state index contributed by atoms with van der Waals surface area (Å²) >= 11 is 1.73. The molecule has 17 heavy (non-hydrogen) atoms. The van der Waals surface area contributed by atoms with Crippen molar-refractivity contribution in [3.05, 3.63) is 16.1 Å². The van der Waals surface area contributed by atoms with Gasteiger partial charge in [0.05, 0.1) is 10.7 Å². The van der Waals surface area contributed by atoms with Crippen LogP contribution in [0.5, 0.6) is 0 Å². The second-order valence-corrected chi connectivity index (χ2v) is 6.27. The van der Waals surface area contributed by atoms with Crippen LogP contribution in [-0.4, -0.2) is 29.0 Å². The topological polar surface area (TPSA) is 42.2 Å². The molecular formula is C13H23N3S. The van der Waals surface area contributed by atoms with Gasteiger partial charge in [-0.25, -0.2) is 4.98 Å². The molecule has 1 heterocycles. The molecule has 0 aromatic carbocycles. The molecule has 0 saturated heterocycles. The Morgan fingerprint density at radius 2 is 2.12 bits per heavy atom. The molecule has 2 rings (SSSR count). The molecule has 0 radical (unpaired) electrons. The molecule has 1 aliphatic carbocycles. The van der Waals surface area contributed by atoms with E-state index in [0.717, 1.165) is 18.1 Å². The van der Waals surface area contributed by atoms with E-state index in [0.29, 0.717) is 0 Å². The normalized spacial score (nSPS) is 19.8. The van der Waals surface area contributed by atoms with Crippen LogP contribution in [0, 0.1) is 6.92 Å². The van der Waals surface area contributed by atoms with Gasteiger partial charge < -0.3 is 5.73 Å². The van der Waals surface area contributed by atoms with E-state index < -0.39 is 0 Å². The van der Waals surface area contributed by atoms with Crippen LogP contribution in [0.4, 0.5) is 0 Å². The third-order valence-corrected chi connectivity index (χ3v) is 4.86. The molecule has 1 saturated carbocycles. The van der Waals surface area contributed by atoms with Gasteiger partial charge in [0.2, 0.25) is 0 Å². The average molecular weight is 253 g/mol. The SMILES string of the molecule is Cc1nc(CN(C)C2(CN)CCCCC2)cs1. The van der Waals surface area contributed by atoms with Gasteiger partial charge >= 0.3 is 0 Å². The second kappa shape index (κ2) is 5.46. The van der Waals surface area contributed by atoms with E-state index >= 15 is 0 Å². The lowest BCUT2D eigenvalue weighted by Crippen LogP contribution is -2.52. The Bertz CT molecular complexity index is 355. The maximum Gasteiger partial charge on any atom is 0.0897 e. The van der Waals surface area contributed by atoms with Crippen molar-refractivity contribution in [1.29, 1.82) is 0 Å². The van der Waals surface area contributed by atoms with Crippen molar-refractivity contribution in [2.45, 2.75) is 51.1 Å². The van der Waals surface area contributed by atoms with E-state index in [2.05, 4.69) is 29.2 Å². The van der Waals surface area contributed by atoms with Gasteiger partial charge in [0.25, 0.3) is 0 Å². The van der Waals surface area contributed by atoms with E-state index in [-0.39, 0.29) is 5.54 Å². The Labute approximate surface area is 108 Å². The molecular weight excluding hydrogens is 230 g/mol. The lowest BCUT2D eigenvalue weighted by atomic mass is 9.80. The van der Waals surface area contributed by atoms with Gasteiger partial charge in [-0.3, -0.25) is 4.90 Å². The van der Waals surface area contributed by atoms with Gasteiger partial charge in [0.1, 0.15) is 0 Å². The van der Waals surface area contributed by atoms with Crippen molar-refractivity contribution in [1.82, 2.24) is 9.88 Å². The van der Waals surface area contributed by atoms with Crippen molar-refractivity contribution in [3.63, 3.8) is 0 Å². The van der Waals surface area contributed by atoms with Crippen LogP contribution in [0.2, 0.25) is 0 Å². The second-order valence-electron chi connectivity index (χ2n) is 5.20. The van der Waals surface area contributed by atoms with Crippen LogP contribution < -0.4 is 5.73 Å². The van der Waals surface area contributed by atoms with Crippen molar-refractivity contribution in [3.8, 4) is 0 Å². The molecule has 0 spiro atoms. The Morgan fingerprint density at radius 1 is 1.41 bits per heavy atom. The minimum absolute atomic E-state index is 0.218. The van der Waals surface area contributed by atoms with Gasteiger partial charge in [0, 0.05) is 24.0 Å². The van der Waals surface area contributed by atoms with Gasteiger partial charge in [-0.2, -0.15) is 0 Å². The van der Waals surface area contributed by atoms with E-state index in [9.17, 15) is 0 Å². The van der Waals surface area contributed by atoms with Crippen LogP contribution in [0.15, 0.2) is 5.38 Å². The highest BCUT2D eigenvalue weighted by Crippen LogP contribution is 2.33. The molecule has 1 fully saturated rings. The average Bonchev–Trinajstić information content (AvgIpc) is 2.75. The molecule has 0 atom stereocenters. The van der Waals surface area contributed by atoms with Crippen LogP contribution >= 0.6 is 11.3 Å². The quantitative estimate of drug-likeness (QED) is 0.896. The first kappa shape index (κ1) is 13.0. The first-order valence-corrected chi connectivity index (χ1v) is 7.36. The molecule has 1 aromatic heterocycles. The minimum Gasteiger partial charge on any atom is -0.329 e. The predicted octanol–water partition coefficient (Wildman–Crippen LogP) is 2.54. The lowest BCUT2D eigenvalue weighted by Gasteiger charge is -2.43. The minimum atomic E-state index is 0.218. The third kappa shape index (κ3) is 2.87. The zero-order valence-electron chi connectivity index (χ0n) is 10.9. The van der Waals surface area contributed by atoms with Gasteiger partial charge in [-0.1, -0.05) is 19.3 Å². The maximum atomic E-state index is 6.04. The Morgan fingerprint density at radius 3 is 2.65 bits per heavy atom.